The van der Waals surface area contributed by atoms with E-state index in [0.29, 0.717) is 36.5 Å². The molecule has 0 saturated carbocycles. The fraction of sp³-hybridized carbons (Fsp3) is 0. The monoisotopic (exact) mass is 468 g/mol. The van der Waals surface area contributed by atoms with Crippen LogP contribution in [0.2, 0.25) is 0 Å². The van der Waals surface area contributed by atoms with E-state index in [-0.39, 0.29) is 38.5 Å². The number of rotatable bonds is 6. The van der Waals surface area contributed by atoms with Gasteiger partial charge >= 0.3 is 26.2 Å². The van der Waals surface area contributed by atoms with Gasteiger partial charge in [-0.05, 0) is 36.5 Å². The van der Waals surface area contributed by atoms with Crippen molar-refractivity contribution in [3.8, 4) is 0 Å². The van der Waals surface area contributed by atoms with Crippen molar-refractivity contribution >= 4 is 35.8 Å². The van der Waals surface area contributed by atoms with Crippen LogP contribution >= 0.6 is 0 Å². The molecular formula is C12H14N2O12Zr. The van der Waals surface area contributed by atoms with Crippen molar-refractivity contribution in [2.45, 2.75) is 0 Å². The van der Waals surface area contributed by atoms with Crippen molar-refractivity contribution < 1.29 is 85.6 Å². The SMILES string of the molecule is O=C([O-])/C=C\C(=O)[O-].O=C([O-])/C=C\C(=O)[O-].O=C([O-])/C=C\C(=O)[O-].[NH4+].[NH4+].[Zr+4]. The second kappa shape index (κ2) is 25.1. The minimum Gasteiger partial charge on any atom is -0.545 e. The number of hydrogen-bond acceptors (Lipinski definition) is 12. The van der Waals surface area contributed by atoms with Gasteiger partial charge in [-0.2, -0.15) is 0 Å². The summed E-state index contributed by atoms with van der Waals surface area (Å²) in [5.74, 6) is -9.28. The molecule has 0 aromatic rings. The molecule has 15 heteroatoms. The smallest absolute Gasteiger partial charge is 0.545 e. The molecule has 0 aliphatic rings. The Morgan fingerprint density at radius 2 is 0.444 bits per heavy atom. The number of carboxylic acid groups (broad SMARTS) is 6. The second-order valence-electron chi connectivity index (χ2n) is 2.91. The molecule has 14 nitrogen and oxygen atoms in total. The summed E-state index contributed by atoms with van der Waals surface area (Å²) in [5.41, 5.74) is 0. The Labute approximate surface area is 170 Å². The molecule has 0 atom stereocenters. The second-order valence-corrected chi connectivity index (χ2v) is 2.91. The molecule has 0 spiro atoms. The standard InChI is InChI=1S/3C4H4O4.2H3N.Zr/c3*5-3(6)1-2-4(7)8;;;/h3*1-2H,(H,5,6)(H,7,8);2*1H3;/q;;;;;+4/p-4/b3*2-1-;;;. The Hall–Kier alpha value is -3.16. The van der Waals surface area contributed by atoms with Crippen LogP contribution in [-0.2, 0) is 55.0 Å². The van der Waals surface area contributed by atoms with Gasteiger partial charge in [0.25, 0.3) is 0 Å². The number of carbonyl (C=O) groups is 6. The van der Waals surface area contributed by atoms with Gasteiger partial charge in [0.05, 0.1) is 35.8 Å². The zero-order valence-electron chi connectivity index (χ0n) is 13.9. The Bertz CT molecular complexity index is 454. The molecule has 0 bridgehead atoms. The fourth-order valence-corrected chi connectivity index (χ4v) is 0.408. The summed E-state index contributed by atoms with van der Waals surface area (Å²) in [5, 5.41) is 56.5. The summed E-state index contributed by atoms with van der Waals surface area (Å²) >= 11 is 0. The molecule has 0 aliphatic carbocycles. The van der Waals surface area contributed by atoms with Gasteiger partial charge in [0.2, 0.25) is 0 Å². The molecule has 148 valence electrons. The third-order valence-corrected chi connectivity index (χ3v) is 1.07. The van der Waals surface area contributed by atoms with Gasteiger partial charge in [-0.1, -0.05) is 0 Å². The number of quaternary nitrogens is 2. The summed E-state index contributed by atoms with van der Waals surface area (Å²) < 4.78 is 0. The summed E-state index contributed by atoms with van der Waals surface area (Å²) in [6.45, 7) is 0. The minimum atomic E-state index is -1.55. The third-order valence-electron chi connectivity index (χ3n) is 1.07. The van der Waals surface area contributed by atoms with E-state index in [1.807, 2.05) is 0 Å². The van der Waals surface area contributed by atoms with Crippen LogP contribution in [0.5, 0.6) is 0 Å². The van der Waals surface area contributed by atoms with Gasteiger partial charge in [0, 0.05) is 0 Å². The molecule has 0 radical (unpaired) electrons. The number of aliphatic carboxylic acids is 6. The summed E-state index contributed by atoms with van der Waals surface area (Å²) in [4.78, 5) is 56.5. The molecule has 0 aromatic carbocycles. The van der Waals surface area contributed by atoms with Crippen LogP contribution in [0.25, 0.3) is 0 Å². The Kier molecular flexibility index (Phi) is 36.3. The third kappa shape index (κ3) is 70.8. The molecule has 27 heavy (non-hydrogen) atoms. The molecule has 0 rings (SSSR count). The van der Waals surface area contributed by atoms with Crippen LogP contribution in [0.4, 0.5) is 0 Å². The Balaban J connectivity index is -0.0000000580. The van der Waals surface area contributed by atoms with Crippen molar-refractivity contribution in [3.05, 3.63) is 36.5 Å². The van der Waals surface area contributed by atoms with Gasteiger partial charge in [0.15, 0.2) is 0 Å². The van der Waals surface area contributed by atoms with E-state index >= 15 is 0 Å². The van der Waals surface area contributed by atoms with Crippen LogP contribution < -0.4 is 42.9 Å². The first kappa shape index (κ1) is 39.1. The van der Waals surface area contributed by atoms with E-state index in [2.05, 4.69) is 0 Å². The van der Waals surface area contributed by atoms with Crippen LogP contribution in [0.3, 0.4) is 0 Å². The first-order valence-electron chi connectivity index (χ1n) is 5.18. The topological polar surface area (TPSA) is 314 Å². The first-order valence-corrected chi connectivity index (χ1v) is 5.18. The number of hydrogen-bond donors (Lipinski definition) is 2. The molecule has 0 fully saturated rings. The van der Waals surface area contributed by atoms with Gasteiger partial charge < -0.3 is 71.7 Å². The molecule has 0 saturated heterocycles. The Morgan fingerprint density at radius 1 is 0.370 bits per heavy atom. The molecular weight excluding hydrogens is 455 g/mol. The van der Waals surface area contributed by atoms with Crippen LogP contribution in [0.15, 0.2) is 36.5 Å². The van der Waals surface area contributed by atoms with Gasteiger partial charge in [-0.25, -0.2) is 0 Å². The largest absolute Gasteiger partial charge is 4.00 e. The van der Waals surface area contributed by atoms with Crippen LogP contribution in [-0.4, -0.2) is 35.8 Å². The van der Waals surface area contributed by atoms with E-state index in [0.717, 1.165) is 0 Å². The summed E-state index contributed by atoms with van der Waals surface area (Å²) in [6, 6.07) is 0. The zero-order valence-corrected chi connectivity index (χ0v) is 16.3. The van der Waals surface area contributed by atoms with E-state index < -0.39 is 35.8 Å². The molecule has 0 unspecified atom stereocenters. The zero-order chi connectivity index (χ0) is 19.7. The average Bonchev–Trinajstić information content (AvgIpc) is 2.42. The maximum atomic E-state index is 9.41. The Morgan fingerprint density at radius 3 is 0.481 bits per heavy atom. The van der Waals surface area contributed by atoms with Gasteiger partial charge in [-0.15, -0.1) is 0 Å². The predicted octanol–water partition coefficient (Wildman–Crippen LogP) is -8.12. The molecule has 0 aliphatic heterocycles. The van der Waals surface area contributed by atoms with Gasteiger partial charge in [0.1, 0.15) is 0 Å². The normalized spacial score (nSPS) is 8.44. The van der Waals surface area contributed by atoms with Crippen molar-refractivity contribution in [2.24, 2.45) is 0 Å². The molecule has 0 aromatic heterocycles. The summed E-state index contributed by atoms with van der Waals surface area (Å²) in [6.07, 6.45) is 2.31. The maximum absolute atomic E-state index is 9.41. The quantitative estimate of drug-likeness (QED) is 0.342. The average molecular weight is 469 g/mol. The van der Waals surface area contributed by atoms with Crippen LogP contribution in [0.1, 0.15) is 0 Å². The molecule has 8 N–H and O–H groups in total. The van der Waals surface area contributed by atoms with Crippen LogP contribution in [0, 0.1) is 0 Å². The van der Waals surface area contributed by atoms with Gasteiger partial charge in [-0.3, -0.25) is 0 Å². The minimum absolute atomic E-state index is 0. The first-order chi connectivity index (χ1) is 10.9. The maximum Gasteiger partial charge on any atom is 4.00 e. The van der Waals surface area contributed by atoms with E-state index in [1.165, 1.54) is 0 Å². The van der Waals surface area contributed by atoms with Crippen molar-refractivity contribution in [3.63, 3.8) is 0 Å². The van der Waals surface area contributed by atoms with E-state index in [9.17, 15) is 59.4 Å². The van der Waals surface area contributed by atoms with E-state index in [4.69, 9.17) is 0 Å². The van der Waals surface area contributed by atoms with Crippen molar-refractivity contribution in [1.29, 1.82) is 0 Å². The summed E-state index contributed by atoms with van der Waals surface area (Å²) in [7, 11) is 0. The number of carboxylic acids is 6. The molecule has 0 amide bonds. The van der Waals surface area contributed by atoms with Crippen molar-refractivity contribution in [2.75, 3.05) is 0 Å². The predicted molar refractivity (Wildman–Crippen MR) is 69.4 cm³/mol. The van der Waals surface area contributed by atoms with E-state index in [1.54, 1.807) is 0 Å². The fourth-order valence-electron chi connectivity index (χ4n) is 0.408. The molecule has 0 heterocycles. The number of carbonyl (C=O) groups excluding carboxylic acids is 6. The van der Waals surface area contributed by atoms with Crippen molar-refractivity contribution in [1.82, 2.24) is 12.3 Å².